The molecular formula is C15H16N2O4S. The Bertz CT molecular complexity index is 667. The zero-order chi connectivity index (χ0) is 15.5. The summed E-state index contributed by atoms with van der Waals surface area (Å²) >= 11 is 1.61. The molecule has 2 N–H and O–H groups in total. The van der Waals surface area contributed by atoms with Gasteiger partial charge in [-0.2, -0.15) is 0 Å². The molecule has 0 saturated carbocycles. The maximum Gasteiger partial charge on any atom is 0.332 e. The molecule has 0 unspecified atom stereocenters. The largest absolute Gasteiger partial charge is 0.479 e. The smallest absolute Gasteiger partial charge is 0.332 e. The van der Waals surface area contributed by atoms with Gasteiger partial charge in [0.25, 0.3) is 0 Å². The van der Waals surface area contributed by atoms with E-state index in [0.29, 0.717) is 25.8 Å². The number of aromatic nitrogens is 1. The van der Waals surface area contributed by atoms with Gasteiger partial charge in [0, 0.05) is 13.0 Å². The molecular weight excluding hydrogens is 304 g/mol. The molecule has 3 rings (SSSR count). The van der Waals surface area contributed by atoms with Crippen LogP contribution in [0.4, 0.5) is 0 Å². The zero-order valence-electron chi connectivity index (χ0n) is 11.8. The van der Waals surface area contributed by atoms with E-state index in [4.69, 9.17) is 9.84 Å². The molecule has 0 spiro atoms. The Morgan fingerprint density at radius 3 is 2.82 bits per heavy atom. The quantitative estimate of drug-likeness (QED) is 0.873. The fraction of sp³-hybridized carbons (Fsp3) is 0.400. The number of carboxylic acids is 1. The van der Waals surface area contributed by atoms with Crippen molar-refractivity contribution in [2.45, 2.75) is 31.5 Å². The number of hydrogen-bond donors (Lipinski definition) is 2. The third-order valence-electron chi connectivity index (χ3n) is 3.56. The summed E-state index contributed by atoms with van der Waals surface area (Å²) in [7, 11) is 0. The van der Waals surface area contributed by atoms with E-state index in [2.05, 4.69) is 10.3 Å². The maximum atomic E-state index is 11.9. The summed E-state index contributed by atoms with van der Waals surface area (Å²) in [6.07, 6.45) is -0.0356. The van der Waals surface area contributed by atoms with Crippen molar-refractivity contribution in [3.8, 4) is 0 Å². The molecule has 1 aromatic carbocycles. The highest BCUT2D eigenvalue weighted by Gasteiger charge is 2.34. The van der Waals surface area contributed by atoms with E-state index < -0.39 is 18.2 Å². The first-order valence-corrected chi connectivity index (χ1v) is 7.95. The number of nitrogens with zero attached hydrogens (tertiary/aromatic N) is 1. The third-order valence-corrected chi connectivity index (χ3v) is 4.66. The summed E-state index contributed by atoms with van der Waals surface area (Å²) in [6.45, 7) is 0.469. The molecule has 2 aromatic rings. The van der Waals surface area contributed by atoms with E-state index in [9.17, 15) is 9.59 Å². The number of carboxylic acid groups (broad SMARTS) is 1. The Hall–Kier alpha value is -1.99. The molecule has 1 saturated heterocycles. The number of carbonyl (C=O) groups is 2. The van der Waals surface area contributed by atoms with E-state index in [0.717, 1.165) is 15.2 Å². The lowest BCUT2D eigenvalue weighted by Gasteiger charge is -2.11. The SMILES string of the molecule is O=C(NCCc1nc2ccccc2s1)[C@@H]1CC[C@H](C(=O)O)O1. The summed E-state index contributed by atoms with van der Waals surface area (Å²) < 4.78 is 6.34. The highest BCUT2D eigenvalue weighted by Crippen LogP contribution is 2.22. The summed E-state index contributed by atoms with van der Waals surface area (Å²) in [5.74, 6) is -1.25. The highest BCUT2D eigenvalue weighted by atomic mass is 32.1. The number of nitrogens with one attached hydrogen (secondary N) is 1. The van der Waals surface area contributed by atoms with Crippen LogP contribution in [-0.4, -0.2) is 40.7 Å². The van der Waals surface area contributed by atoms with Crippen LogP contribution < -0.4 is 5.32 Å². The molecule has 2 atom stereocenters. The molecule has 1 aliphatic rings. The molecule has 0 aliphatic carbocycles. The third kappa shape index (κ3) is 3.26. The lowest BCUT2D eigenvalue weighted by molar-refractivity contribution is -0.151. The second-order valence-corrected chi connectivity index (χ2v) is 6.26. The van der Waals surface area contributed by atoms with E-state index in [1.165, 1.54) is 0 Å². The first-order valence-electron chi connectivity index (χ1n) is 7.14. The van der Waals surface area contributed by atoms with Crippen molar-refractivity contribution in [2.24, 2.45) is 0 Å². The summed E-state index contributed by atoms with van der Waals surface area (Å²) in [4.78, 5) is 27.2. The number of rotatable bonds is 5. The first kappa shape index (κ1) is 14.9. The van der Waals surface area contributed by atoms with E-state index in [-0.39, 0.29) is 5.91 Å². The lowest BCUT2D eigenvalue weighted by Crippen LogP contribution is -2.36. The van der Waals surface area contributed by atoms with Crippen molar-refractivity contribution in [1.82, 2.24) is 10.3 Å². The highest BCUT2D eigenvalue weighted by molar-refractivity contribution is 7.18. The van der Waals surface area contributed by atoms with E-state index in [1.807, 2.05) is 24.3 Å². The second kappa shape index (κ2) is 6.41. The van der Waals surface area contributed by atoms with Crippen molar-refractivity contribution in [3.63, 3.8) is 0 Å². The Balaban J connectivity index is 1.48. The minimum absolute atomic E-state index is 0.245. The monoisotopic (exact) mass is 320 g/mol. The van der Waals surface area contributed by atoms with Crippen LogP contribution in [0.3, 0.4) is 0 Å². The summed E-state index contributed by atoms with van der Waals surface area (Å²) in [5.41, 5.74) is 0.970. The van der Waals surface area contributed by atoms with Gasteiger partial charge in [0.05, 0.1) is 15.2 Å². The molecule has 1 amide bonds. The van der Waals surface area contributed by atoms with Crippen LogP contribution in [-0.2, 0) is 20.7 Å². The molecule has 7 heteroatoms. The van der Waals surface area contributed by atoms with Crippen LogP contribution in [0.25, 0.3) is 10.2 Å². The van der Waals surface area contributed by atoms with Crippen molar-refractivity contribution >= 4 is 33.4 Å². The van der Waals surface area contributed by atoms with Gasteiger partial charge in [0.1, 0.15) is 6.10 Å². The maximum absolute atomic E-state index is 11.9. The molecule has 2 heterocycles. The number of carbonyl (C=O) groups excluding carboxylic acids is 1. The molecule has 1 fully saturated rings. The van der Waals surface area contributed by atoms with Crippen molar-refractivity contribution in [1.29, 1.82) is 0 Å². The Morgan fingerprint density at radius 1 is 1.32 bits per heavy atom. The standard InChI is InChI=1S/C15H16N2O4S/c18-14(10-5-6-11(21-10)15(19)20)16-8-7-13-17-9-3-1-2-4-12(9)22-13/h1-4,10-11H,5-8H2,(H,16,18)(H,19,20)/t10-,11+/m0/s1. The normalized spacial score (nSPS) is 21.1. The van der Waals surface area contributed by atoms with Gasteiger partial charge in [0.2, 0.25) is 5.91 Å². The number of thiazole rings is 1. The number of amides is 1. The fourth-order valence-corrected chi connectivity index (χ4v) is 3.41. The molecule has 1 aromatic heterocycles. The molecule has 0 radical (unpaired) electrons. The van der Waals surface area contributed by atoms with Crippen LogP contribution in [0, 0.1) is 0 Å². The van der Waals surface area contributed by atoms with Gasteiger partial charge in [-0.3, -0.25) is 4.79 Å². The number of ether oxygens (including phenoxy) is 1. The minimum Gasteiger partial charge on any atom is -0.479 e. The summed E-state index contributed by atoms with van der Waals surface area (Å²) in [5, 5.41) is 12.6. The van der Waals surface area contributed by atoms with Crippen molar-refractivity contribution in [3.05, 3.63) is 29.3 Å². The van der Waals surface area contributed by atoms with Crippen LogP contribution in [0.1, 0.15) is 17.8 Å². The van der Waals surface area contributed by atoms with Crippen LogP contribution in [0.2, 0.25) is 0 Å². The molecule has 6 nitrogen and oxygen atoms in total. The topological polar surface area (TPSA) is 88.5 Å². The fourth-order valence-electron chi connectivity index (χ4n) is 2.45. The molecule has 22 heavy (non-hydrogen) atoms. The predicted molar refractivity (Wildman–Crippen MR) is 81.9 cm³/mol. The van der Waals surface area contributed by atoms with Gasteiger partial charge >= 0.3 is 5.97 Å². The van der Waals surface area contributed by atoms with Gasteiger partial charge < -0.3 is 15.2 Å². The molecule has 0 bridgehead atoms. The summed E-state index contributed by atoms with van der Waals surface area (Å²) in [6, 6.07) is 7.91. The van der Waals surface area contributed by atoms with Crippen LogP contribution in [0.15, 0.2) is 24.3 Å². The lowest BCUT2D eigenvalue weighted by atomic mass is 10.2. The second-order valence-electron chi connectivity index (χ2n) is 5.15. The number of para-hydroxylation sites is 1. The number of hydrogen-bond acceptors (Lipinski definition) is 5. The average molecular weight is 320 g/mol. The average Bonchev–Trinajstić information content (AvgIpc) is 3.13. The Kier molecular flexibility index (Phi) is 4.35. The van der Waals surface area contributed by atoms with Gasteiger partial charge in [-0.05, 0) is 25.0 Å². The van der Waals surface area contributed by atoms with Crippen molar-refractivity contribution < 1.29 is 19.4 Å². The van der Waals surface area contributed by atoms with Crippen LogP contribution >= 0.6 is 11.3 Å². The van der Waals surface area contributed by atoms with Gasteiger partial charge in [-0.25, -0.2) is 9.78 Å². The zero-order valence-corrected chi connectivity index (χ0v) is 12.6. The molecule has 116 valence electrons. The molecule has 1 aliphatic heterocycles. The van der Waals surface area contributed by atoms with E-state index in [1.54, 1.807) is 11.3 Å². The number of benzene rings is 1. The van der Waals surface area contributed by atoms with E-state index >= 15 is 0 Å². The van der Waals surface area contributed by atoms with Gasteiger partial charge in [-0.15, -0.1) is 11.3 Å². The van der Waals surface area contributed by atoms with Crippen LogP contribution in [0.5, 0.6) is 0 Å². The number of fused-ring (bicyclic) bond motifs is 1. The number of aliphatic carboxylic acids is 1. The Labute approximate surface area is 131 Å². The van der Waals surface area contributed by atoms with Gasteiger partial charge in [-0.1, -0.05) is 12.1 Å². The predicted octanol–water partition coefficient (Wildman–Crippen LogP) is 1.59. The van der Waals surface area contributed by atoms with Gasteiger partial charge in [0.15, 0.2) is 6.10 Å². The van der Waals surface area contributed by atoms with Crippen molar-refractivity contribution in [2.75, 3.05) is 6.54 Å². The first-order chi connectivity index (χ1) is 10.6. The minimum atomic E-state index is -1.01. The Morgan fingerprint density at radius 2 is 2.09 bits per heavy atom.